The first kappa shape index (κ1) is 60.8. The molecule has 0 saturated heterocycles. The van der Waals surface area contributed by atoms with E-state index in [-0.39, 0.29) is 30.9 Å². The summed E-state index contributed by atoms with van der Waals surface area (Å²) in [5.74, 6) is 31.8. The van der Waals surface area contributed by atoms with E-state index in [0.29, 0.717) is 12.8 Å². The second kappa shape index (κ2) is 38.0. The molecule has 1 rings (SSSR count). The standard InChI is InChI=1S/C26H52O16P2.C19H11NO.13H2/c1-2-3-4-5-6-7-8-9-10-11-12-13-14-15-20(28)40-19(16-38-18-27)17-39-44(36,37)42-26-23(31)21(29)22(30)25(24(26)32)41-43(33,34)35;1-3-5-6-7-8-9-10-11-12-13-14-15-16-18-20-19(21)17-4-2;;;;;;;;;;;;;/h19,21-27,29-32H,2-18H2,1H3,(H,36,37)(H2,33,34,35);4,17H2,1-2H3,(H,20,21);13*1H/t19-,21?,22-,23+,24?,25-,26?;;;;;;;;;;;;;;/m1............../s1. The van der Waals surface area contributed by atoms with Crippen LogP contribution in [0.4, 0.5) is 0 Å². The van der Waals surface area contributed by atoms with Crippen molar-refractivity contribution in [3.05, 3.63) is 0 Å². The van der Waals surface area contributed by atoms with E-state index in [1.807, 2.05) is 6.92 Å². The zero-order valence-corrected chi connectivity index (χ0v) is 38.9. The quantitative estimate of drug-likeness (QED) is 0.0116. The van der Waals surface area contributed by atoms with E-state index in [0.717, 1.165) is 32.1 Å². The minimum atomic E-state index is -5.32. The molecule has 1 fully saturated rings. The summed E-state index contributed by atoms with van der Waals surface area (Å²) >= 11 is 0. The number of hydrogen-bond donors (Lipinski definition) is 9. The third-order valence-electron chi connectivity index (χ3n) is 8.72. The fourth-order valence-electron chi connectivity index (χ4n) is 5.58. The highest BCUT2D eigenvalue weighted by Crippen LogP contribution is 2.49. The van der Waals surface area contributed by atoms with Gasteiger partial charge in [-0.2, -0.15) is 0 Å². The molecule has 1 aliphatic carbocycles. The van der Waals surface area contributed by atoms with Crippen molar-refractivity contribution in [3.63, 3.8) is 0 Å². The third kappa shape index (κ3) is 33.0. The molecule has 9 N–H and O–H groups in total. The number of carbonyl (C=O) groups is 2. The molecule has 18 nitrogen and oxygen atoms in total. The van der Waals surface area contributed by atoms with E-state index in [1.165, 1.54) is 51.4 Å². The van der Waals surface area contributed by atoms with E-state index in [9.17, 15) is 44.0 Å². The number of esters is 1. The SMILES string of the molecule is CC#CC#CC#CC#CC#CC#CC#CNC(=O)CCC.CCCCCCCCCCCCCCCC(=O)O[C@H](COCO)COP(=O)(O)OC1C(O)[C@H](OP(=O)(O)O)[C@H](O)C(O)[C@@H]1O.[HH].[HH].[HH].[HH].[HH].[HH].[HH].[HH].[HH].[HH].[HH].[HH].[HH]. The summed E-state index contributed by atoms with van der Waals surface area (Å²) < 4.78 is 47.5. The number of aliphatic hydroxyl groups is 5. The monoisotopic (exact) mass is 978 g/mol. The molecule has 1 aliphatic rings. The Morgan fingerprint density at radius 3 is 1.52 bits per heavy atom. The van der Waals surface area contributed by atoms with Gasteiger partial charge in [-0.1, -0.05) is 96.8 Å². The Kier molecular flexibility index (Phi) is 35.6. The first-order chi connectivity index (χ1) is 31.0. The van der Waals surface area contributed by atoms with Gasteiger partial charge in [0.25, 0.3) is 0 Å². The lowest BCUT2D eigenvalue weighted by atomic mass is 9.85. The third-order valence-corrected chi connectivity index (χ3v) is 10.2. The Morgan fingerprint density at radius 2 is 1.06 bits per heavy atom. The number of rotatable bonds is 27. The van der Waals surface area contributed by atoms with Crippen LogP contribution in [0.25, 0.3) is 0 Å². The van der Waals surface area contributed by atoms with Crippen molar-refractivity contribution in [1.29, 1.82) is 0 Å². The number of unbranched alkanes of at least 4 members (excludes halogenated alkanes) is 12. The molecule has 0 heterocycles. The van der Waals surface area contributed by atoms with Gasteiger partial charge in [0, 0.05) is 73.0 Å². The first-order valence-corrected chi connectivity index (χ1v) is 24.3. The number of hydrogen-bond acceptors (Lipinski definition) is 14. The molecular weight excluding hydrogens is 888 g/mol. The van der Waals surface area contributed by atoms with Crippen LogP contribution in [0.5, 0.6) is 0 Å². The van der Waals surface area contributed by atoms with Crippen molar-refractivity contribution in [2.24, 2.45) is 0 Å². The number of amides is 1. The Morgan fingerprint density at radius 1 is 0.600 bits per heavy atom. The van der Waals surface area contributed by atoms with Gasteiger partial charge < -0.3 is 49.7 Å². The summed E-state index contributed by atoms with van der Waals surface area (Å²) in [5.41, 5.74) is 0. The molecule has 0 spiro atoms. The molecule has 1 saturated carbocycles. The van der Waals surface area contributed by atoms with Crippen molar-refractivity contribution in [3.8, 4) is 83.0 Å². The number of ether oxygens (including phenoxy) is 2. The van der Waals surface area contributed by atoms with Crippen LogP contribution < -0.4 is 5.32 Å². The van der Waals surface area contributed by atoms with Gasteiger partial charge in [0.15, 0.2) is 0 Å². The second-order valence-corrected chi connectivity index (χ2v) is 16.7. The highest BCUT2D eigenvalue weighted by molar-refractivity contribution is 7.47. The Hall–Kier alpha value is -4.16. The highest BCUT2D eigenvalue weighted by atomic mass is 31.2. The van der Waals surface area contributed by atoms with E-state index < -0.39 is 84.3 Å². The maximum Gasteiger partial charge on any atom is 0.472 e. The molecule has 8 atom stereocenters. The van der Waals surface area contributed by atoms with Crippen molar-refractivity contribution < 1.29 is 101 Å². The van der Waals surface area contributed by atoms with Crippen LogP contribution in [-0.2, 0) is 41.8 Å². The smallest absolute Gasteiger partial charge is 0.457 e. The summed E-state index contributed by atoms with van der Waals surface area (Å²) in [6, 6.07) is 2.43. The zero-order chi connectivity index (χ0) is 48.8. The second-order valence-electron chi connectivity index (χ2n) is 14.1. The molecule has 0 aliphatic heterocycles. The number of aliphatic hydroxyl groups excluding tert-OH is 5. The van der Waals surface area contributed by atoms with Crippen LogP contribution in [0, 0.1) is 83.0 Å². The van der Waals surface area contributed by atoms with Crippen LogP contribution in [0.1, 0.15) is 142 Å². The van der Waals surface area contributed by atoms with Gasteiger partial charge in [0.1, 0.15) is 49.5 Å². The van der Waals surface area contributed by atoms with Crippen LogP contribution in [0.3, 0.4) is 0 Å². The average Bonchev–Trinajstić information content (AvgIpc) is 3.26. The predicted molar refractivity (Wildman–Crippen MR) is 265 cm³/mol. The summed E-state index contributed by atoms with van der Waals surface area (Å²) in [4.78, 5) is 51.5. The first-order valence-electron chi connectivity index (χ1n) is 21.2. The Balaban J connectivity index is -0.0000000877. The maximum atomic E-state index is 12.5. The number of phosphoric acid groups is 2. The summed E-state index contributed by atoms with van der Waals surface area (Å²) in [6.45, 7) is 3.87. The van der Waals surface area contributed by atoms with Crippen molar-refractivity contribution in [1.82, 2.24) is 5.32 Å². The van der Waals surface area contributed by atoms with Gasteiger partial charge >= 0.3 is 21.6 Å². The molecule has 20 heteroatoms. The average molecular weight is 978 g/mol. The zero-order valence-electron chi connectivity index (χ0n) is 37.1. The molecule has 386 valence electrons. The number of carbonyl (C=O) groups excluding carboxylic acids is 2. The van der Waals surface area contributed by atoms with Crippen molar-refractivity contribution >= 4 is 27.5 Å². The lowest BCUT2D eigenvalue weighted by Gasteiger charge is -2.43. The van der Waals surface area contributed by atoms with E-state index in [2.05, 4.69) is 99.8 Å². The maximum absolute atomic E-state index is 12.5. The van der Waals surface area contributed by atoms with Crippen LogP contribution in [-0.4, -0.2) is 115 Å². The summed E-state index contributed by atoms with van der Waals surface area (Å²) in [7, 11) is -10.5. The van der Waals surface area contributed by atoms with Gasteiger partial charge in [-0.3, -0.25) is 28.5 Å². The normalized spacial score (nSPS) is 19.6. The predicted octanol–water partition coefficient (Wildman–Crippen LogP) is 5.89. The molecule has 0 aromatic rings. The van der Waals surface area contributed by atoms with Gasteiger partial charge in [0.05, 0.1) is 13.2 Å². The topological polar surface area (TPSA) is 288 Å². The van der Waals surface area contributed by atoms with Crippen molar-refractivity contribution in [2.75, 3.05) is 20.0 Å². The molecular formula is C45H89NO17P2. The Labute approximate surface area is 402 Å². The molecule has 0 aromatic heterocycles. The number of nitrogens with one attached hydrogen (secondary N) is 1. The molecule has 65 heavy (non-hydrogen) atoms. The van der Waals surface area contributed by atoms with Crippen LogP contribution >= 0.6 is 15.6 Å². The fraction of sp³-hybridized carbons (Fsp3) is 0.644. The molecule has 0 bridgehead atoms. The van der Waals surface area contributed by atoms with Gasteiger partial charge in [0.2, 0.25) is 5.91 Å². The molecule has 0 radical (unpaired) electrons. The van der Waals surface area contributed by atoms with Crippen molar-refractivity contribution in [2.45, 2.75) is 166 Å². The molecule has 0 aromatic carbocycles. The fourth-order valence-corrected chi connectivity index (χ4v) is 7.12. The Bertz CT molecular complexity index is 2010. The van der Waals surface area contributed by atoms with Gasteiger partial charge in [-0.05, 0) is 55.3 Å². The minimum Gasteiger partial charge on any atom is -0.457 e. The van der Waals surface area contributed by atoms with E-state index in [4.69, 9.17) is 33.4 Å². The number of phosphoric ester groups is 2. The lowest BCUT2D eigenvalue weighted by molar-refractivity contribution is -0.216. The van der Waals surface area contributed by atoms with Crippen LogP contribution in [0.15, 0.2) is 0 Å². The summed E-state index contributed by atoms with van der Waals surface area (Å²) in [5, 5.41) is 51.7. The summed E-state index contributed by atoms with van der Waals surface area (Å²) in [6.07, 6.45) is 1.48. The van der Waals surface area contributed by atoms with Gasteiger partial charge in [-0.15, -0.1) is 0 Å². The largest absolute Gasteiger partial charge is 0.472 e. The molecule has 1 amide bonds. The van der Waals surface area contributed by atoms with Crippen LogP contribution in [0.2, 0.25) is 0 Å². The van der Waals surface area contributed by atoms with Gasteiger partial charge in [-0.25, -0.2) is 9.13 Å². The highest BCUT2D eigenvalue weighted by Gasteiger charge is 2.54. The van der Waals surface area contributed by atoms with E-state index in [1.54, 1.807) is 6.92 Å². The van der Waals surface area contributed by atoms with E-state index >= 15 is 0 Å². The minimum absolute atomic E-state index is 0. The lowest BCUT2D eigenvalue weighted by Crippen LogP contribution is -2.64. The molecule has 4 unspecified atom stereocenters.